The summed E-state index contributed by atoms with van der Waals surface area (Å²) in [4.78, 5) is 59.0. The maximum atomic E-state index is 11.9. The lowest BCUT2D eigenvalue weighted by Crippen LogP contribution is -2.32. The molecule has 0 heterocycles. The van der Waals surface area contributed by atoms with Crippen molar-refractivity contribution in [1.29, 1.82) is 0 Å². The number of carboxylic acid groups (broad SMARTS) is 3. The van der Waals surface area contributed by atoms with Crippen LogP contribution in [0.3, 0.4) is 0 Å². The van der Waals surface area contributed by atoms with Gasteiger partial charge in [-0.1, -0.05) is 98.4 Å². The Kier molecular flexibility index (Phi) is 34.3. The van der Waals surface area contributed by atoms with Crippen molar-refractivity contribution in [2.45, 2.75) is 120 Å². The SMILES string of the molecule is C.C.C.CC(C)=NOCCC(=O)c1ccc(CC(N)C(=O)O)cc1.CC(C)=NOCCCc1ccc(CC(N)C(=O)O)cc1.CC(C)=NOCCNc1ccc(CC(N)C(=O)O)cc1. The molecular formula is C47H75N7O10. The molecule has 0 aromatic heterocycles. The first-order valence-electron chi connectivity index (χ1n) is 19.7. The van der Waals surface area contributed by atoms with Gasteiger partial charge < -0.3 is 52.4 Å². The van der Waals surface area contributed by atoms with E-state index in [2.05, 4.69) is 20.8 Å². The molecule has 64 heavy (non-hydrogen) atoms. The third-order valence-corrected chi connectivity index (χ3v) is 7.96. The summed E-state index contributed by atoms with van der Waals surface area (Å²) in [6.07, 6.45) is 2.95. The Labute approximate surface area is 380 Å². The van der Waals surface area contributed by atoms with Crippen molar-refractivity contribution >= 4 is 46.5 Å². The molecule has 3 atom stereocenters. The molecule has 0 aliphatic carbocycles. The molecule has 358 valence electrons. The molecule has 10 N–H and O–H groups in total. The van der Waals surface area contributed by atoms with Crippen LogP contribution in [0.1, 0.15) is 109 Å². The van der Waals surface area contributed by atoms with Crippen molar-refractivity contribution in [1.82, 2.24) is 0 Å². The highest BCUT2D eigenvalue weighted by Gasteiger charge is 2.14. The highest BCUT2D eigenvalue weighted by molar-refractivity contribution is 5.96. The van der Waals surface area contributed by atoms with Gasteiger partial charge in [0.2, 0.25) is 0 Å². The fourth-order valence-corrected chi connectivity index (χ4v) is 4.84. The predicted octanol–water partition coefficient (Wildman–Crippen LogP) is 6.99. The fraction of sp³-hybridized carbons (Fsp3) is 0.468. The second kappa shape index (κ2) is 35.3. The number of oxime groups is 3. The number of nitrogens with two attached hydrogens (primary N) is 3. The number of aliphatic carboxylic acids is 3. The smallest absolute Gasteiger partial charge is 0.320 e. The number of Topliss-reactive ketones (excluding diaryl/α,β-unsaturated/α-hetero) is 1. The van der Waals surface area contributed by atoms with Gasteiger partial charge in [-0.3, -0.25) is 19.2 Å². The molecule has 0 bridgehead atoms. The molecule has 17 heteroatoms. The first-order chi connectivity index (χ1) is 28.9. The number of carbonyl (C=O) groups excluding carboxylic acids is 1. The van der Waals surface area contributed by atoms with Gasteiger partial charge in [0.15, 0.2) is 5.78 Å². The Hall–Kier alpha value is -6.17. The first-order valence-corrected chi connectivity index (χ1v) is 19.7. The van der Waals surface area contributed by atoms with Crippen molar-refractivity contribution in [3.63, 3.8) is 0 Å². The Balaban J connectivity index is -0.000000852. The van der Waals surface area contributed by atoms with Crippen LogP contribution in [0.15, 0.2) is 88.3 Å². The molecule has 17 nitrogen and oxygen atoms in total. The number of carboxylic acids is 3. The molecule has 3 aromatic carbocycles. The first kappa shape index (κ1) is 62.1. The number of hydrogen-bond donors (Lipinski definition) is 7. The largest absolute Gasteiger partial charge is 0.480 e. The Morgan fingerprint density at radius 3 is 1.27 bits per heavy atom. The Morgan fingerprint density at radius 1 is 0.531 bits per heavy atom. The molecule has 0 fully saturated rings. The van der Waals surface area contributed by atoms with Crippen molar-refractivity contribution in [2.75, 3.05) is 31.7 Å². The van der Waals surface area contributed by atoms with E-state index in [0.29, 0.717) is 38.2 Å². The van der Waals surface area contributed by atoms with Crippen LogP contribution in [0.5, 0.6) is 0 Å². The molecule has 3 aromatic rings. The number of rotatable bonds is 24. The van der Waals surface area contributed by atoms with Crippen LogP contribution in [-0.4, -0.2) is 101 Å². The zero-order valence-corrected chi connectivity index (χ0v) is 36.0. The van der Waals surface area contributed by atoms with Gasteiger partial charge in [-0.25, -0.2) is 0 Å². The number of benzene rings is 3. The Bertz CT molecular complexity index is 1770. The molecule has 0 saturated carbocycles. The summed E-state index contributed by atoms with van der Waals surface area (Å²) >= 11 is 0. The average Bonchev–Trinajstić information content (AvgIpc) is 3.20. The van der Waals surface area contributed by atoms with Gasteiger partial charge >= 0.3 is 17.9 Å². The third-order valence-electron chi connectivity index (χ3n) is 7.96. The lowest BCUT2D eigenvalue weighted by atomic mass is 10.0. The van der Waals surface area contributed by atoms with E-state index in [1.165, 1.54) is 5.56 Å². The maximum Gasteiger partial charge on any atom is 0.320 e. The van der Waals surface area contributed by atoms with Gasteiger partial charge in [0.1, 0.15) is 37.9 Å². The van der Waals surface area contributed by atoms with Gasteiger partial charge in [0, 0.05) is 17.7 Å². The molecule has 0 radical (unpaired) electrons. The minimum atomic E-state index is -1.04. The second-order valence-electron chi connectivity index (χ2n) is 14.5. The van der Waals surface area contributed by atoms with Gasteiger partial charge in [-0.05, 0) is 108 Å². The van der Waals surface area contributed by atoms with E-state index >= 15 is 0 Å². The van der Waals surface area contributed by atoms with E-state index in [4.69, 9.17) is 47.0 Å². The van der Waals surface area contributed by atoms with Crippen LogP contribution in [0.4, 0.5) is 5.69 Å². The van der Waals surface area contributed by atoms with E-state index in [-0.39, 0.29) is 47.5 Å². The van der Waals surface area contributed by atoms with Gasteiger partial charge in [0.05, 0.1) is 23.7 Å². The minimum Gasteiger partial charge on any atom is -0.480 e. The Morgan fingerprint density at radius 2 is 0.875 bits per heavy atom. The number of nitrogens with zero attached hydrogens (tertiary/aromatic N) is 3. The van der Waals surface area contributed by atoms with E-state index in [9.17, 15) is 19.2 Å². The molecule has 0 saturated heterocycles. The number of anilines is 1. The zero-order valence-electron chi connectivity index (χ0n) is 36.0. The molecule has 0 amide bonds. The highest BCUT2D eigenvalue weighted by Crippen LogP contribution is 2.12. The van der Waals surface area contributed by atoms with Gasteiger partial charge in [-0.15, -0.1) is 0 Å². The predicted molar refractivity (Wildman–Crippen MR) is 257 cm³/mol. The summed E-state index contributed by atoms with van der Waals surface area (Å²) < 4.78 is 0. The van der Waals surface area contributed by atoms with Crippen molar-refractivity contribution in [3.05, 3.63) is 101 Å². The van der Waals surface area contributed by atoms with Crippen molar-refractivity contribution in [2.24, 2.45) is 32.7 Å². The van der Waals surface area contributed by atoms with Gasteiger partial charge in [-0.2, -0.15) is 0 Å². The third kappa shape index (κ3) is 30.0. The van der Waals surface area contributed by atoms with Crippen LogP contribution in [0.25, 0.3) is 0 Å². The molecule has 3 rings (SSSR count). The quantitative estimate of drug-likeness (QED) is 0.0207. The van der Waals surface area contributed by atoms with E-state index in [1.54, 1.807) is 24.3 Å². The second-order valence-corrected chi connectivity index (χ2v) is 14.5. The van der Waals surface area contributed by atoms with Crippen LogP contribution < -0.4 is 22.5 Å². The van der Waals surface area contributed by atoms with E-state index in [1.807, 2.05) is 90.1 Å². The minimum absolute atomic E-state index is 0. The fourth-order valence-electron chi connectivity index (χ4n) is 4.84. The summed E-state index contributed by atoms with van der Waals surface area (Å²) in [6.45, 7) is 13.1. The van der Waals surface area contributed by atoms with E-state index < -0.39 is 36.0 Å². The highest BCUT2D eigenvalue weighted by atomic mass is 16.6. The molecule has 0 aliphatic rings. The topological polar surface area (TPSA) is 284 Å². The number of ketones is 1. The lowest BCUT2D eigenvalue weighted by molar-refractivity contribution is -0.139. The number of carbonyl (C=O) groups is 4. The lowest BCUT2D eigenvalue weighted by Gasteiger charge is -2.09. The number of aryl methyl sites for hydroxylation is 1. The molecular weight excluding hydrogens is 823 g/mol. The summed E-state index contributed by atoms with van der Waals surface area (Å²) in [5.74, 6) is -3.05. The molecule has 3 unspecified atom stereocenters. The van der Waals surface area contributed by atoms with E-state index in [0.717, 1.165) is 52.4 Å². The summed E-state index contributed by atoms with van der Waals surface area (Å²) in [5, 5.41) is 40.9. The van der Waals surface area contributed by atoms with Crippen molar-refractivity contribution < 1.29 is 49.0 Å². The average molecular weight is 898 g/mol. The zero-order chi connectivity index (χ0) is 45.7. The molecule has 0 aliphatic heterocycles. The van der Waals surface area contributed by atoms with Crippen LogP contribution in [0.2, 0.25) is 0 Å². The van der Waals surface area contributed by atoms with Crippen molar-refractivity contribution in [3.8, 4) is 0 Å². The standard InChI is InChI=1S/C15H20N2O4.C15H22N2O3.C14H21N3O3.3CH4/c1-10(2)17-21-8-7-14(18)12-5-3-11(4-6-12)9-13(16)15(19)20;1-11(2)17-20-9-3-4-12-5-7-13(8-6-12)10-14(16)15(18)19;1-10(2)17-20-8-7-16-12-5-3-11(4-6-12)9-13(15)14(18)19;;;/h3-6,13H,7-9,16H2,1-2H3,(H,19,20);5-8,14H,3-4,9-10,16H2,1-2H3,(H,18,19);3-6,13,16H,7-9,15H2,1-2H3,(H,18,19);3*1H4. The van der Waals surface area contributed by atoms with Crippen LogP contribution in [0, 0.1) is 0 Å². The van der Waals surface area contributed by atoms with Gasteiger partial charge in [0.25, 0.3) is 0 Å². The van der Waals surface area contributed by atoms with Crippen LogP contribution in [-0.2, 0) is 54.6 Å². The van der Waals surface area contributed by atoms with Crippen LogP contribution >= 0.6 is 0 Å². The summed E-state index contributed by atoms with van der Waals surface area (Å²) in [6, 6.07) is 19.5. The summed E-state index contributed by atoms with van der Waals surface area (Å²) in [5.41, 5.74) is 24.3. The number of nitrogens with one attached hydrogen (secondary N) is 1. The monoisotopic (exact) mass is 898 g/mol. The molecule has 0 spiro atoms. The normalized spacial score (nSPS) is 11.1. The summed E-state index contributed by atoms with van der Waals surface area (Å²) in [7, 11) is 0. The maximum absolute atomic E-state index is 11.9. The number of hydrogen-bond acceptors (Lipinski definition) is 14.